The van der Waals surface area contributed by atoms with Crippen molar-refractivity contribution in [3.05, 3.63) is 18.9 Å². The van der Waals surface area contributed by atoms with Crippen LogP contribution in [0.4, 0.5) is 0 Å². The fourth-order valence-electron chi connectivity index (χ4n) is 1.21. The molecule has 0 amide bonds. The number of aromatic nitrogens is 4. The summed E-state index contributed by atoms with van der Waals surface area (Å²) in [5.41, 5.74) is 5.00. The van der Waals surface area contributed by atoms with Crippen LogP contribution in [0.2, 0.25) is 0 Å². The van der Waals surface area contributed by atoms with Gasteiger partial charge in [0.05, 0.1) is 12.5 Å². The maximum atomic E-state index is 10.9. The highest BCUT2D eigenvalue weighted by Gasteiger charge is 2.31. The molecule has 0 saturated heterocycles. The zero-order valence-corrected chi connectivity index (χ0v) is 7.95. The largest absolute Gasteiger partial charge is 0.478 e. The van der Waals surface area contributed by atoms with Crippen molar-refractivity contribution in [1.29, 1.82) is 0 Å². The van der Waals surface area contributed by atoms with Crippen molar-refractivity contribution in [3.8, 4) is 0 Å². The lowest BCUT2D eigenvalue weighted by molar-refractivity contribution is -0.146. The van der Waals surface area contributed by atoms with Crippen LogP contribution < -0.4 is 5.73 Å². The van der Waals surface area contributed by atoms with Gasteiger partial charge in [-0.3, -0.25) is 10.3 Å². The van der Waals surface area contributed by atoms with Crippen LogP contribution in [0.25, 0.3) is 11.2 Å². The smallest absolute Gasteiger partial charge is 0.344 e. The summed E-state index contributed by atoms with van der Waals surface area (Å²) in [4.78, 5) is 22.6. The lowest BCUT2D eigenvalue weighted by Crippen LogP contribution is -2.47. The van der Waals surface area contributed by atoms with Crippen molar-refractivity contribution in [2.75, 3.05) is 0 Å². The van der Waals surface area contributed by atoms with Crippen molar-refractivity contribution in [3.63, 3.8) is 0 Å². The summed E-state index contributed by atoms with van der Waals surface area (Å²) in [6.07, 6.45) is 4.16. The molecule has 0 aliphatic rings. The third-order valence-electron chi connectivity index (χ3n) is 2.15. The fraction of sp³-hybridized carbons (Fsp3) is 0.250. The highest BCUT2D eigenvalue weighted by atomic mass is 16.4. The summed E-state index contributed by atoms with van der Waals surface area (Å²) >= 11 is 0. The molecule has 3 N–H and O–H groups in total. The van der Waals surface area contributed by atoms with Gasteiger partial charge in [0.15, 0.2) is 11.3 Å². The van der Waals surface area contributed by atoms with E-state index < -0.39 is 11.6 Å². The van der Waals surface area contributed by atoms with Gasteiger partial charge < -0.3 is 5.11 Å². The fourth-order valence-corrected chi connectivity index (χ4v) is 1.21. The number of hydrogen-bond donors (Lipinski definition) is 2. The van der Waals surface area contributed by atoms with Gasteiger partial charge in [-0.05, 0) is 6.92 Å². The Morgan fingerprint density at radius 2 is 2.33 bits per heavy atom. The number of fused-ring (bicyclic) bond motifs is 1. The zero-order chi connectivity index (χ0) is 11.1. The average molecular weight is 207 g/mol. The van der Waals surface area contributed by atoms with Crippen molar-refractivity contribution in [2.45, 2.75) is 12.6 Å². The van der Waals surface area contributed by atoms with Gasteiger partial charge in [-0.15, -0.1) is 0 Å². The van der Waals surface area contributed by atoms with Gasteiger partial charge in [0.2, 0.25) is 0 Å². The first-order chi connectivity index (χ1) is 7.03. The first-order valence-electron chi connectivity index (χ1n) is 4.19. The van der Waals surface area contributed by atoms with Gasteiger partial charge in [-0.25, -0.2) is 19.7 Å². The molecule has 78 valence electrons. The third kappa shape index (κ3) is 1.33. The molecule has 0 saturated carbocycles. The number of carbonyl (C=O) groups is 1. The topological polar surface area (TPSA) is 107 Å². The second-order valence-corrected chi connectivity index (χ2v) is 3.30. The minimum Gasteiger partial charge on any atom is -0.478 e. The monoisotopic (exact) mass is 207 g/mol. The summed E-state index contributed by atoms with van der Waals surface area (Å²) in [6.45, 7) is 1.37. The number of nitrogens with zero attached hydrogens (tertiary/aromatic N) is 4. The Morgan fingerprint density at radius 3 is 3.00 bits per heavy atom. The molecule has 7 heteroatoms. The SMILES string of the molecule is C[C@](N)(C(=O)O)n1cnc2cncnc21. The Labute approximate surface area is 84.6 Å². The molecule has 7 nitrogen and oxygen atoms in total. The molecular weight excluding hydrogens is 198 g/mol. The second-order valence-electron chi connectivity index (χ2n) is 3.30. The van der Waals surface area contributed by atoms with Crippen LogP contribution in [0.15, 0.2) is 18.9 Å². The van der Waals surface area contributed by atoms with Gasteiger partial charge in [0.25, 0.3) is 0 Å². The molecule has 0 bridgehead atoms. The maximum absolute atomic E-state index is 10.9. The standard InChI is InChI=1S/C8H9N5O2/c1-8(9,7(14)15)13-4-12-5-2-10-3-11-6(5)13/h2-4H,9H2,1H3,(H,14,15)/t8-/m1/s1. The minimum absolute atomic E-state index is 0.400. The Kier molecular flexibility index (Phi) is 1.90. The van der Waals surface area contributed by atoms with Crippen LogP contribution in [0.5, 0.6) is 0 Å². The van der Waals surface area contributed by atoms with E-state index in [1.54, 1.807) is 0 Å². The molecule has 15 heavy (non-hydrogen) atoms. The Balaban J connectivity index is 2.67. The number of nitrogens with two attached hydrogens (primary N) is 1. The lowest BCUT2D eigenvalue weighted by Gasteiger charge is -2.20. The predicted molar refractivity (Wildman–Crippen MR) is 50.8 cm³/mol. The van der Waals surface area contributed by atoms with Crippen molar-refractivity contribution in [1.82, 2.24) is 19.5 Å². The third-order valence-corrected chi connectivity index (χ3v) is 2.15. The summed E-state index contributed by atoms with van der Waals surface area (Å²) < 4.78 is 1.30. The zero-order valence-electron chi connectivity index (χ0n) is 7.95. The molecule has 2 rings (SSSR count). The van der Waals surface area contributed by atoms with Crippen LogP contribution in [0.3, 0.4) is 0 Å². The van der Waals surface area contributed by atoms with E-state index in [1.807, 2.05) is 0 Å². The van der Waals surface area contributed by atoms with E-state index in [2.05, 4.69) is 15.0 Å². The van der Waals surface area contributed by atoms with Gasteiger partial charge in [0.1, 0.15) is 11.8 Å². The summed E-state index contributed by atoms with van der Waals surface area (Å²) in [7, 11) is 0. The minimum atomic E-state index is -1.57. The molecule has 1 atom stereocenters. The molecule has 0 unspecified atom stereocenters. The quantitative estimate of drug-likeness (QED) is 0.690. The van der Waals surface area contributed by atoms with Gasteiger partial charge in [0, 0.05) is 0 Å². The Morgan fingerprint density at radius 1 is 1.60 bits per heavy atom. The molecule has 0 radical (unpaired) electrons. The van der Waals surface area contributed by atoms with Crippen LogP contribution >= 0.6 is 0 Å². The summed E-state index contributed by atoms with van der Waals surface area (Å²) in [5, 5.41) is 8.96. The van der Waals surface area contributed by atoms with Crippen LogP contribution in [0, 0.1) is 0 Å². The van der Waals surface area contributed by atoms with Crippen molar-refractivity contribution < 1.29 is 9.90 Å². The molecule has 0 fully saturated rings. The summed E-state index contributed by atoms with van der Waals surface area (Å²) in [6, 6.07) is 0. The molecule has 2 aromatic rings. The van der Waals surface area contributed by atoms with Gasteiger partial charge in [-0.2, -0.15) is 0 Å². The normalized spacial score (nSPS) is 15.1. The van der Waals surface area contributed by atoms with Crippen LogP contribution in [0.1, 0.15) is 6.92 Å². The van der Waals surface area contributed by atoms with Crippen molar-refractivity contribution >= 4 is 17.1 Å². The first kappa shape index (κ1) is 9.53. The van der Waals surface area contributed by atoms with E-state index >= 15 is 0 Å². The van der Waals surface area contributed by atoms with Gasteiger partial charge >= 0.3 is 5.97 Å². The number of hydrogen-bond acceptors (Lipinski definition) is 5. The molecular formula is C8H9N5O2. The predicted octanol–water partition coefficient (Wildman–Crippen LogP) is -0.458. The van der Waals surface area contributed by atoms with E-state index in [4.69, 9.17) is 10.8 Å². The van der Waals surface area contributed by atoms with Crippen LogP contribution in [-0.4, -0.2) is 30.6 Å². The summed E-state index contributed by atoms with van der Waals surface area (Å²) in [5.74, 6) is -1.15. The van der Waals surface area contributed by atoms with Crippen LogP contribution in [-0.2, 0) is 10.5 Å². The highest BCUT2D eigenvalue weighted by molar-refractivity contribution is 5.79. The molecule has 0 aromatic carbocycles. The van der Waals surface area contributed by atoms with E-state index in [-0.39, 0.29) is 0 Å². The van der Waals surface area contributed by atoms with Crippen molar-refractivity contribution in [2.24, 2.45) is 5.73 Å². The molecule has 2 heterocycles. The Hall–Kier alpha value is -2.02. The Bertz CT molecular complexity index is 518. The maximum Gasteiger partial charge on any atom is 0.344 e. The number of aliphatic carboxylic acids is 1. The first-order valence-corrected chi connectivity index (χ1v) is 4.19. The number of carboxylic acid groups (broad SMARTS) is 1. The molecule has 0 aliphatic heterocycles. The lowest BCUT2D eigenvalue weighted by atomic mass is 10.2. The van der Waals surface area contributed by atoms with E-state index in [1.165, 1.54) is 30.3 Å². The van der Waals surface area contributed by atoms with E-state index in [0.717, 1.165) is 0 Å². The van der Waals surface area contributed by atoms with Gasteiger partial charge in [-0.1, -0.05) is 0 Å². The number of carboxylic acids is 1. The molecule has 2 aromatic heterocycles. The average Bonchev–Trinajstić information content (AvgIpc) is 2.61. The second kappa shape index (κ2) is 2.99. The number of imidazole rings is 1. The van der Waals surface area contributed by atoms with E-state index in [0.29, 0.717) is 11.2 Å². The molecule has 0 aliphatic carbocycles. The highest BCUT2D eigenvalue weighted by Crippen LogP contribution is 2.15. The molecule has 0 spiro atoms. The van der Waals surface area contributed by atoms with E-state index in [9.17, 15) is 4.79 Å². The number of rotatable bonds is 2.